The molecule has 0 atom stereocenters. The largest absolute Gasteiger partial charge is 0.436 e. The van der Waals surface area contributed by atoms with E-state index in [0.29, 0.717) is 17.7 Å². The zero-order chi connectivity index (χ0) is 91.5. The third-order valence-corrected chi connectivity index (χ3v) is 26.3. The van der Waals surface area contributed by atoms with Crippen molar-refractivity contribution in [2.45, 2.75) is 6.92 Å². The molecule has 0 saturated carbocycles. The Kier molecular flexibility index (Phi) is 20.5. The fraction of sp³-hybridized carbons (Fsp3) is 0.00794. The Morgan fingerprint density at radius 3 is 0.877 bits per heavy atom. The Hall–Kier alpha value is -18.7. The maximum Gasteiger partial charge on any atom is 0.227 e. The smallest absolute Gasteiger partial charge is 0.227 e. The summed E-state index contributed by atoms with van der Waals surface area (Å²) in [6.45, 7) is 2.12. The maximum absolute atomic E-state index is 6.09. The van der Waals surface area contributed by atoms with E-state index in [1.54, 1.807) is 0 Å². The Bertz CT molecular complexity index is 9110. The van der Waals surface area contributed by atoms with E-state index >= 15 is 0 Å². The van der Waals surface area contributed by atoms with Crippen molar-refractivity contribution < 1.29 is 13.3 Å². The van der Waals surface area contributed by atoms with Gasteiger partial charge >= 0.3 is 0 Å². The molecule has 0 N–H and O–H groups in total. The number of rotatable bonds is 16. The van der Waals surface area contributed by atoms with Crippen LogP contribution < -0.4 is 14.7 Å². The van der Waals surface area contributed by atoms with Gasteiger partial charge in [0.25, 0.3) is 0 Å². The SMILES string of the molecule is Cc1ccc(-c2ccc(N(c3ccc(-c4nc5ccccc5o4)cc3)c3ccc4c(c3)c3ccccc3n4-c3ccccc3)cc2)cc1.c1ccc(-n2c3ccccc3c3cc(N(c4ccc(-c5nc6ccccc6o5)cc4)c4ccc5ccccc5c4)ccc32)cc1.c1ccc(-n2c3ccccc3c3cc(N(c4ccc(-c5nc6ccccc6o5)cc4)c4cccc5ccccc45)ccc32)cc1. The van der Waals surface area contributed by atoms with Crippen LogP contribution in [0.2, 0.25) is 0 Å². The summed E-state index contributed by atoms with van der Waals surface area (Å²) in [6, 6.07) is 175. The minimum Gasteiger partial charge on any atom is -0.436 e. The Morgan fingerprint density at radius 2 is 0.471 bits per heavy atom. The van der Waals surface area contributed by atoms with Gasteiger partial charge in [0, 0.05) is 117 Å². The molecule has 0 saturated heterocycles. The molecule has 0 fully saturated rings. The minimum absolute atomic E-state index is 0.617. The molecule has 12 nitrogen and oxygen atoms in total. The van der Waals surface area contributed by atoms with E-state index in [-0.39, 0.29) is 0 Å². The van der Waals surface area contributed by atoms with Gasteiger partial charge in [0.2, 0.25) is 17.7 Å². The van der Waals surface area contributed by atoms with Crippen molar-refractivity contribution >= 4 is 171 Å². The topological polar surface area (TPSA) is 103 Å². The molecular formula is C126H85N9O3. The summed E-state index contributed by atoms with van der Waals surface area (Å²) in [4.78, 5) is 21.2. The zero-order valence-electron chi connectivity index (χ0n) is 75.1. The molecule has 0 aliphatic rings. The molecule has 27 rings (SSSR count). The van der Waals surface area contributed by atoms with E-state index < -0.39 is 0 Å². The van der Waals surface area contributed by atoms with Crippen LogP contribution in [0.1, 0.15) is 5.56 Å². The van der Waals surface area contributed by atoms with E-state index in [9.17, 15) is 0 Å². The summed E-state index contributed by atoms with van der Waals surface area (Å²) in [6.07, 6.45) is 0. The van der Waals surface area contributed by atoms with E-state index in [2.05, 4.69) is 460 Å². The first kappa shape index (κ1) is 81.4. The van der Waals surface area contributed by atoms with E-state index in [0.717, 1.165) is 118 Å². The summed E-state index contributed by atoms with van der Waals surface area (Å²) >= 11 is 0. The standard InChI is InChI=1S/C44H31N3O.2C41H27N3O/c1-30-15-17-31(18-16-30)32-19-23-35(24-20-32)46(36-25-21-33(22-26-36)44-45-40-12-6-8-14-43(40)48-44)37-27-28-42-39(29-37)38-11-5-7-13-41(38)47(42)34-9-3-2-4-10-34;1-2-13-30(14-3-1)44-38-18-8-6-16-34(38)35-27-32(25-26-39(35)44)43(37-19-10-12-28-11-4-5-15-33(28)37)31-23-21-29(22-24-31)41-42-36-17-7-9-20-40(36)45-41;1-2-12-31(13-3-1)44-38-16-8-6-14-35(38)36-27-34(24-25-39(36)44)43(33-23-18-28-10-4-5-11-30(28)26-33)32-21-19-29(20-22-32)41-42-37-15-7-9-17-40(37)45-41/h2-29H,1H3;2*1-27H. The van der Waals surface area contributed by atoms with Gasteiger partial charge < -0.3 is 41.7 Å². The lowest BCUT2D eigenvalue weighted by Gasteiger charge is -2.27. The van der Waals surface area contributed by atoms with Crippen LogP contribution in [-0.2, 0) is 0 Å². The minimum atomic E-state index is 0.617. The normalized spacial score (nSPS) is 11.5. The Morgan fingerprint density at radius 1 is 0.188 bits per heavy atom. The third kappa shape index (κ3) is 15.0. The van der Waals surface area contributed by atoms with Gasteiger partial charge in [-0.3, -0.25) is 0 Å². The van der Waals surface area contributed by atoms with Crippen LogP contribution in [0, 0.1) is 6.92 Å². The van der Waals surface area contributed by atoms with Crippen LogP contribution in [-0.4, -0.2) is 28.7 Å². The third-order valence-electron chi connectivity index (χ3n) is 26.3. The van der Waals surface area contributed by atoms with E-state index in [4.69, 9.17) is 28.2 Å². The predicted octanol–water partition coefficient (Wildman–Crippen LogP) is 34.5. The van der Waals surface area contributed by atoms with Gasteiger partial charge in [0.1, 0.15) is 16.6 Å². The second kappa shape index (κ2) is 34.8. The molecule has 21 aromatic carbocycles. The second-order valence-corrected chi connectivity index (χ2v) is 34.7. The van der Waals surface area contributed by atoms with Gasteiger partial charge in [-0.1, -0.05) is 254 Å². The highest BCUT2D eigenvalue weighted by Gasteiger charge is 2.25. The molecular weight excluding hydrogens is 1690 g/mol. The quantitative estimate of drug-likeness (QED) is 0.0936. The number of para-hydroxylation sites is 12. The number of fused-ring (bicyclic) bond motifs is 14. The first-order chi connectivity index (χ1) is 68.3. The number of nitrogens with zero attached hydrogens (tertiary/aromatic N) is 9. The van der Waals surface area contributed by atoms with Crippen molar-refractivity contribution in [3.8, 4) is 62.6 Å². The number of oxazole rings is 3. The number of aromatic nitrogens is 6. The van der Waals surface area contributed by atoms with Crippen LogP contribution in [0.5, 0.6) is 0 Å². The summed E-state index contributed by atoms with van der Waals surface area (Å²) in [7, 11) is 0. The van der Waals surface area contributed by atoms with Crippen molar-refractivity contribution in [1.29, 1.82) is 0 Å². The molecule has 652 valence electrons. The maximum atomic E-state index is 6.09. The molecule has 0 aliphatic carbocycles. The van der Waals surface area contributed by atoms with Crippen LogP contribution in [0.15, 0.2) is 511 Å². The highest BCUT2D eigenvalue weighted by molar-refractivity contribution is 6.14. The van der Waals surface area contributed by atoms with Gasteiger partial charge in [-0.25, -0.2) is 15.0 Å². The molecule has 0 spiro atoms. The molecule has 0 bridgehead atoms. The predicted molar refractivity (Wildman–Crippen MR) is 571 cm³/mol. The van der Waals surface area contributed by atoms with Crippen molar-refractivity contribution in [1.82, 2.24) is 28.7 Å². The first-order valence-electron chi connectivity index (χ1n) is 46.5. The summed E-state index contributed by atoms with van der Waals surface area (Å²) in [5, 5.41) is 12.1. The number of aryl methyl sites for hydroxylation is 1. The fourth-order valence-electron chi connectivity index (χ4n) is 19.7. The van der Waals surface area contributed by atoms with E-state index in [1.165, 1.54) is 104 Å². The van der Waals surface area contributed by atoms with Gasteiger partial charge in [0.15, 0.2) is 16.7 Å². The average Bonchev–Trinajstić information content (AvgIpc) is 1.56. The Labute approximate surface area is 795 Å². The average molecular weight is 1770 g/mol. The zero-order valence-corrected chi connectivity index (χ0v) is 75.1. The molecule has 6 heterocycles. The van der Waals surface area contributed by atoms with Crippen molar-refractivity contribution in [3.05, 3.63) is 503 Å². The van der Waals surface area contributed by atoms with Crippen molar-refractivity contribution in [2.24, 2.45) is 0 Å². The number of hydrogen-bond donors (Lipinski definition) is 0. The summed E-state index contributed by atoms with van der Waals surface area (Å²) in [5.41, 5.74) is 31.6. The Balaban J connectivity index is 0.000000110. The van der Waals surface area contributed by atoms with Gasteiger partial charge in [-0.15, -0.1) is 0 Å². The molecule has 0 amide bonds. The number of hydrogen-bond acceptors (Lipinski definition) is 9. The lowest BCUT2D eigenvalue weighted by molar-refractivity contribution is 0.619. The highest BCUT2D eigenvalue weighted by atomic mass is 16.4. The number of anilines is 9. The number of benzene rings is 21. The molecule has 138 heavy (non-hydrogen) atoms. The van der Waals surface area contributed by atoms with Gasteiger partial charge in [-0.2, -0.15) is 0 Å². The van der Waals surface area contributed by atoms with E-state index in [1.807, 2.05) is 72.8 Å². The summed E-state index contributed by atoms with van der Waals surface area (Å²) in [5.74, 6) is 1.86. The van der Waals surface area contributed by atoms with Crippen LogP contribution in [0.25, 0.3) is 183 Å². The highest BCUT2D eigenvalue weighted by Crippen LogP contribution is 2.48. The lowest BCUT2D eigenvalue weighted by atomic mass is 10.0. The van der Waals surface area contributed by atoms with Gasteiger partial charge in [0.05, 0.1) is 38.8 Å². The molecule has 6 aromatic heterocycles. The van der Waals surface area contributed by atoms with Crippen molar-refractivity contribution in [3.63, 3.8) is 0 Å². The van der Waals surface area contributed by atoms with Crippen molar-refractivity contribution in [2.75, 3.05) is 14.7 Å². The first-order valence-corrected chi connectivity index (χ1v) is 46.5. The molecule has 12 heteroatoms. The second-order valence-electron chi connectivity index (χ2n) is 34.7. The summed E-state index contributed by atoms with van der Waals surface area (Å²) < 4.78 is 25.3. The van der Waals surface area contributed by atoms with Crippen LogP contribution in [0.3, 0.4) is 0 Å². The monoisotopic (exact) mass is 1770 g/mol. The molecule has 0 unspecified atom stereocenters. The van der Waals surface area contributed by atoms with Crippen LogP contribution >= 0.6 is 0 Å². The van der Waals surface area contributed by atoms with Crippen LogP contribution in [0.4, 0.5) is 51.2 Å². The van der Waals surface area contributed by atoms with Gasteiger partial charge in [-0.05, 0) is 283 Å². The molecule has 0 radical (unpaired) electrons. The fourth-order valence-corrected chi connectivity index (χ4v) is 19.7. The molecule has 27 aromatic rings. The molecule has 0 aliphatic heterocycles. The lowest BCUT2D eigenvalue weighted by Crippen LogP contribution is -2.10.